The van der Waals surface area contributed by atoms with Crippen molar-refractivity contribution < 1.29 is 21.6 Å². The number of anilines is 2. The molecule has 8 nitrogen and oxygen atoms in total. The summed E-state index contributed by atoms with van der Waals surface area (Å²) in [7, 11) is -7.68. The van der Waals surface area contributed by atoms with Gasteiger partial charge in [0.2, 0.25) is 10.0 Å². The van der Waals surface area contributed by atoms with Gasteiger partial charge in [0.05, 0.1) is 10.6 Å². The smallest absolute Gasteiger partial charge is 0.307 e. The van der Waals surface area contributed by atoms with E-state index in [1.54, 1.807) is 60.7 Å². The van der Waals surface area contributed by atoms with Gasteiger partial charge in [0.15, 0.2) is 0 Å². The number of benzene rings is 3. The topological polar surface area (TPSA) is 121 Å². The van der Waals surface area contributed by atoms with Crippen molar-refractivity contribution in [2.45, 2.75) is 10.6 Å². The number of sulfonamides is 2. The van der Waals surface area contributed by atoms with Gasteiger partial charge in [-0.1, -0.05) is 48.5 Å². The number of carbonyl (C=O) groups excluding carboxylic acids is 1. The van der Waals surface area contributed by atoms with E-state index in [-0.39, 0.29) is 16.3 Å². The Morgan fingerprint density at radius 3 is 1.87 bits per heavy atom. The molecule has 3 N–H and O–H groups in total. The Morgan fingerprint density at radius 1 is 0.700 bits per heavy atom. The number of nitrogens with one attached hydrogen (secondary N) is 3. The largest absolute Gasteiger partial charge is 0.332 e. The zero-order chi connectivity index (χ0) is 21.6. The quantitative estimate of drug-likeness (QED) is 0.516. The van der Waals surface area contributed by atoms with Crippen LogP contribution in [0.1, 0.15) is 5.56 Å². The molecule has 2 amide bonds. The van der Waals surface area contributed by atoms with Crippen LogP contribution in [0.15, 0.2) is 89.8 Å². The van der Waals surface area contributed by atoms with Crippen LogP contribution in [0.4, 0.5) is 16.2 Å². The van der Waals surface area contributed by atoms with E-state index in [4.69, 9.17) is 0 Å². The van der Waals surface area contributed by atoms with Crippen LogP contribution in [-0.4, -0.2) is 22.9 Å². The van der Waals surface area contributed by atoms with E-state index >= 15 is 0 Å². The van der Waals surface area contributed by atoms with Gasteiger partial charge in [-0.2, -0.15) is 0 Å². The van der Waals surface area contributed by atoms with Gasteiger partial charge in [0.1, 0.15) is 0 Å². The summed E-state index contributed by atoms with van der Waals surface area (Å²) in [5.41, 5.74) is 1.20. The molecule has 0 radical (unpaired) electrons. The van der Waals surface area contributed by atoms with E-state index in [2.05, 4.69) is 10.0 Å². The maximum Gasteiger partial charge on any atom is 0.332 e. The average molecular weight is 446 g/mol. The average Bonchev–Trinajstić information content (AvgIpc) is 2.68. The highest BCUT2D eigenvalue weighted by Gasteiger charge is 2.17. The normalized spacial score (nSPS) is 11.5. The molecule has 0 bridgehead atoms. The van der Waals surface area contributed by atoms with Gasteiger partial charge in [-0.3, -0.25) is 4.72 Å². The van der Waals surface area contributed by atoms with Crippen LogP contribution in [0.2, 0.25) is 0 Å². The van der Waals surface area contributed by atoms with Crippen molar-refractivity contribution in [1.29, 1.82) is 0 Å². The highest BCUT2D eigenvalue weighted by Crippen LogP contribution is 2.18. The number of rotatable bonds is 7. The fourth-order valence-electron chi connectivity index (χ4n) is 2.57. The molecule has 0 unspecified atom stereocenters. The number of amides is 2. The maximum atomic E-state index is 12.4. The van der Waals surface area contributed by atoms with Crippen LogP contribution < -0.4 is 14.8 Å². The lowest BCUT2D eigenvalue weighted by molar-refractivity contribution is 0.256. The summed E-state index contributed by atoms with van der Waals surface area (Å²) >= 11 is 0. The Bertz CT molecular complexity index is 1210. The summed E-state index contributed by atoms with van der Waals surface area (Å²) in [6.45, 7) is 0. The second-order valence-corrected chi connectivity index (χ2v) is 9.70. The van der Waals surface area contributed by atoms with Gasteiger partial charge < -0.3 is 5.32 Å². The van der Waals surface area contributed by atoms with Crippen molar-refractivity contribution in [2.24, 2.45) is 0 Å². The van der Waals surface area contributed by atoms with Crippen molar-refractivity contribution in [1.82, 2.24) is 4.72 Å². The first-order valence-corrected chi connectivity index (χ1v) is 11.9. The van der Waals surface area contributed by atoms with E-state index < -0.39 is 26.1 Å². The summed E-state index contributed by atoms with van der Waals surface area (Å²) in [6.07, 6.45) is 0. The molecule has 0 fully saturated rings. The molecule has 0 saturated heterocycles. The standard InChI is InChI=1S/C20H19N3O5S2/c24-20(23-29(25,26)15-16-7-3-1-4-8-16)21-17-11-13-19(14-12-17)30(27,28)22-18-9-5-2-6-10-18/h1-14,22H,15H2,(H2,21,23,24). The number of carbonyl (C=O) groups is 1. The molecular weight excluding hydrogens is 426 g/mol. The van der Waals surface area contributed by atoms with Gasteiger partial charge >= 0.3 is 6.03 Å². The van der Waals surface area contributed by atoms with E-state index in [1.165, 1.54) is 24.3 Å². The molecule has 0 aliphatic rings. The fraction of sp³-hybridized carbons (Fsp3) is 0.0500. The maximum absolute atomic E-state index is 12.4. The first-order valence-electron chi connectivity index (χ1n) is 8.77. The van der Waals surface area contributed by atoms with Crippen LogP contribution in [0, 0.1) is 0 Å². The molecular formula is C20H19N3O5S2. The third-order valence-corrected chi connectivity index (χ3v) is 6.50. The predicted molar refractivity (Wildman–Crippen MR) is 115 cm³/mol. The number of hydrogen-bond donors (Lipinski definition) is 3. The van der Waals surface area contributed by atoms with E-state index in [0.717, 1.165) is 0 Å². The highest BCUT2D eigenvalue weighted by atomic mass is 32.2. The van der Waals surface area contributed by atoms with Crippen molar-refractivity contribution >= 4 is 37.5 Å². The minimum atomic E-state index is -3.89. The molecule has 0 saturated carbocycles. The molecule has 3 rings (SSSR count). The third-order valence-electron chi connectivity index (χ3n) is 3.90. The molecule has 0 atom stereocenters. The molecule has 10 heteroatoms. The molecule has 156 valence electrons. The Labute approximate surface area is 175 Å². The second-order valence-electron chi connectivity index (χ2n) is 6.30. The van der Waals surface area contributed by atoms with Crippen molar-refractivity contribution in [2.75, 3.05) is 10.0 Å². The number of hydrogen-bond acceptors (Lipinski definition) is 5. The van der Waals surface area contributed by atoms with Crippen molar-refractivity contribution in [3.8, 4) is 0 Å². The Morgan fingerprint density at radius 2 is 1.27 bits per heavy atom. The summed E-state index contributed by atoms with van der Waals surface area (Å²) < 4.78 is 53.4. The van der Waals surface area contributed by atoms with Gasteiger partial charge in [0, 0.05) is 11.4 Å². The minimum Gasteiger partial charge on any atom is -0.307 e. The second kappa shape index (κ2) is 8.97. The molecule has 0 aliphatic carbocycles. The SMILES string of the molecule is O=C(Nc1ccc(S(=O)(=O)Nc2ccccc2)cc1)NS(=O)(=O)Cc1ccccc1. The van der Waals surface area contributed by atoms with Crippen LogP contribution in [-0.2, 0) is 25.8 Å². The third kappa shape index (κ3) is 6.06. The number of para-hydroxylation sites is 1. The van der Waals surface area contributed by atoms with Crippen LogP contribution in [0.3, 0.4) is 0 Å². The Balaban J connectivity index is 1.61. The first-order chi connectivity index (χ1) is 14.2. The zero-order valence-electron chi connectivity index (χ0n) is 15.6. The Hall–Kier alpha value is -3.37. The van der Waals surface area contributed by atoms with Crippen LogP contribution in [0.5, 0.6) is 0 Å². The molecule has 0 spiro atoms. The number of urea groups is 1. The summed E-state index contributed by atoms with van der Waals surface area (Å²) in [4.78, 5) is 12.0. The fourth-order valence-corrected chi connectivity index (χ4v) is 4.66. The zero-order valence-corrected chi connectivity index (χ0v) is 17.3. The highest BCUT2D eigenvalue weighted by molar-refractivity contribution is 7.92. The van der Waals surface area contributed by atoms with Gasteiger partial charge in [-0.05, 0) is 42.0 Å². The summed E-state index contributed by atoms with van der Waals surface area (Å²) in [6, 6.07) is 21.2. The van der Waals surface area contributed by atoms with Crippen LogP contribution >= 0.6 is 0 Å². The van der Waals surface area contributed by atoms with E-state index in [1.807, 2.05) is 4.72 Å². The Kier molecular flexibility index (Phi) is 6.38. The molecule has 0 heterocycles. The van der Waals surface area contributed by atoms with Gasteiger partial charge in [0.25, 0.3) is 10.0 Å². The van der Waals surface area contributed by atoms with E-state index in [9.17, 15) is 21.6 Å². The molecule has 3 aromatic rings. The lowest BCUT2D eigenvalue weighted by Crippen LogP contribution is -2.35. The first kappa shape index (κ1) is 21.3. The van der Waals surface area contributed by atoms with Gasteiger partial charge in [-0.25, -0.2) is 26.4 Å². The summed E-state index contributed by atoms with van der Waals surface area (Å²) in [5, 5.41) is 2.37. The van der Waals surface area contributed by atoms with Crippen LogP contribution in [0.25, 0.3) is 0 Å². The minimum absolute atomic E-state index is 0.00555. The van der Waals surface area contributed by atoms with E-state index in [0.29, 0.717) is 11.3 Å². The molecule has 0 aromatic heterocycles. The monoisotopic (exact) mass is 445 g/mol. The molecule has 30 heavy (non-hydrogen) atoms. The summed E-state index contributed by atoms with van der Waals surface area (Å²) in [5.74, 6) is -0.344. The molecule has 3 aromatic carbocycles. The predicted octanol–water partition coefficient (Wildman–Crippen LogP) is 3.14. The lowest BCUT2D eigenvalue weighted by atomic mass is 10.2. The lowest BCUT2D eigenvalue weighted by Gasteiger charge is -2.10. The van der Waals surface area contributed by atoms with Crippen molar-refractivity contribution in [3.05, 3.63) is 90.5 Å². The van der Waals surface area contributed by atoms with Crippen molar-refractivity contribution in [3.63, 3.8) is 0 Å². The van der Waals surface area contributed by atoms with Gasteiger partial charge in [-0.15, -0.1) is 0 Å². The molecule has 0 aliphatic heterocycles.